The van der Waals surface area contributed by atoms with Gasteiger partial charge in [0.1, 0.15) is 0 Å². The van der Waals surface area contributed by atoms with Gasteiger partial charge in [0.2, 0.25) is 0 Å². The fourth-order valence-electron chi connectivity index (χ4n) is 3.02. The molecule has 0 aliphatic heterocycles. The lowest BCUT2D eigenvalue weighted by Gasteiger charge is -2.28. The van der Waals surface area contributed by atoms with Gasteiger partial charge in [-0.15, -0.1) is 0 Å². The van der Waals surface area contributed by atoms with Crippen LogP contribution in [-0.4, -0.2) is 25.9 Å². The lowest BCUT2D eigenvalue weighted by molar-refractivity contribution is 0.131. The van der Waals surface area contributed by atoms with Gasteiger partial charge in [0.05, 0.1) is 6.10 Å². The molecule has 16 heavy (non-hydrogen) atoms. The van der Waals surface area contributed by atoms with E-state index < -0.39 is 10.8 Å². The van der Waals surface area contributed by atoms with Gasteiger partial charge in [0.15, 0.2) is 0 Å². The second kappa shape index (κ2) is 6.15. The van der Waals surface area contributed by atoms with Crippen LogP contribution in [0.25, 0.3) is 0 Å². The molecule has 2 fully saturated rings. The second-order valence-corrected chi connectivity index (χ2v) is 7.36. The first-order chi connectivity index (χ1) is 7.77. The minimum atomic E-state index is -0.630. The van der Waals surface area contributed by atoms with Crippen molar-refractivity contribution in [1.82, 2.24) is 0 Å². The highest BCUT2D eigenvalue weighted by Gasteiger charge is 2.29. The van der Waals surface area contributed by atoms with Crippen molar-refractivity contribution in [2.24, 2.45) is 0 Å². The molecule has 0 aromatic heterocycles. The zero-order chi connectivity index (χ0) is 11.4. The quantitative estimate of drug-likeness (QED) is 0.758. The Kier molecular flexibility index (Phi) is 4.83. The molecule has 2 aliphatic carbocycles. The molecule has 0 spiro atoms. The summed E-state index contributed by atoms with van der Waals surface area (Å²) < 4.78 is 12.4. The number of hydrogen-bond acceptors (Lipinski definition) is 2. The van der Waals surface area contributed by atoms with E-state index in [0.717, 1.165) is 25.7 Å². The van der Waals surface area contributed by atoms with Gasteiger partial charge < -0.3 is 5.11 Å². The lowest BCUT2D eigenvalue weighted by Crippen LogP contribution is -2.31. The Hall–Kier alpha value is 0.110. The molecule has 1 N–H and O–H groups in total. The van der Waals surface area contributed by atoms with Crippen molar-refractivity contribution in [2.75, 3.05) is 0 Å². The van der Waals surface area contributed by atoms with Gasteiger partial charge in [0.25, 0.3) is 0 Å². The van der Waals surface area contributed by atoms with Crippen LogP contribution in [0.15, 0.2) is 0 Å². The maximum absolute atomic E-state index is 12.4. The first-order valence-electron chi connectivity index (χ1n) is 6.85. The van der Waals surface area contributed by atoms with E-state index >= 15 is 0 Å². The Morgan fingerprint density at radius 3 is 1.81 bits per heavy atom. The summed E-state index contributed by atoms with van der Waals surface area (Å²) in [5, 5.41) is 10.3. The van der Waals surface area contributed by atoms with Crippen molar-refractivity contribution in [1.29, 1.82) is 0 Å². The van der Waals surface area contributed by atoms with Crippen LogP contribution in [0, 0.1) is 0 Å². The Balaban J connectivity index is 1.85. The molecule has 2 rings (SSSR count). The van der Waals surface area contributed by atoms with Gasteiger partial charge in [-0.25, -0.2) is 0 Å². The normalized spacial score (nSPS) is 35.6. The first kappa shape index (κ1) is 12.6. The molecule has 1 atom stereocenters. The predicted octanol–water partition coefficient (Wildman–Crippen LogP) is 2.76. The van der Waals surface area contributed by atoms with E-state index in [9.17, 15) is 9.32 Å². The molecule has 0 bridgehead atoms. The monoisotopic (exact) mass is 244 g/mol. The minimum Gasteiger partial charge on any atom is -0.393 e. The summed E-state index contributed by atoms with van der Waals surface area (Å²) in [6.45, 7) is 0. The SMILES string of the molecule is O=S(C1CCCCCC1)C1CCC(O)CC1. The van der Waals surface area contributed by atoms with Crippen molar-refractivity contribution in [2.45, 2.75) is 80.8 Å². The highest BCUT2D eigenvalue weighted by Crippen LogP contribution is 2.29. The lowest BCUT2D eigenvalue weighted by atomic mass is 9.97. The molecule has 0 aromatic rings. The Morgan fingerprint density at radius 1 is 0.750 bits per heavy atom. The van der Waals surface area contributed by atoms with E-state index in [4.69, 9.17) is 0 Å². The summed E-state index contributed by atoms with van der Waals surface area (Å²) in [7, 11) is -0.630. The van der Waals surface area contributed by atoms with E-state index in [1.165, 1.54) is 38.5 Å². The van der Waals surface area contributed by atoms with Crippen LogP contribution in [-0.2, 0) is 10.8 Å². The molecule has 0 aromatic carbocycles. The van der Waals surface area contributed by atoms with Crippen molar-refractivity contribution in [3.8, 4) is 0 Å². The predicted molar refractivity (Wildman–Crippen MR) is 67.9 cm³/mol. The molecule has 0 saturated heterocycles. The van der Waals surface area contributed by atoms with Crippen LogP contribution < -0.4 is 0 Å². The maximum Gasteiger partial charge on any atom is 0.0541 e. The van der Waals surface area contributed by atoms with Crippen molar-refractivity contribution < 1.29 is 9.32 Å². The van der Waals surface area contributed by atoms with E-state index in [1.54, 1.807) is 0 Å². The van der Waals surface area contributed by atoms with Gasteiger partial charge in [0, 0.05) is 21.3 Å². The molecule has 2 saturated carbocycles. The first-order valence-corrected chi connectivity index (χ1v) is 8.12. The third-order valence-corrected chi connectivity index (χ3v) is 6.36. The molecular weight excluding hydrogens is 220 g/mol. The summed E-state index contributed by atoms with van der Waals surface area (Å²) >= 11 is 0. The third-order valence-electron chi connectivity index (χ3n) is 4.10. The van der Waals surface area contributed by atoms with Gasteiger partial charge in [-0.3, -0.25) is 4.21 Å². The topological polar surface area (TPSA) is 37.3 Å². The molecule has 0 amide bonds. The summed E-state index contributed by atoms with van der Waals surface area (Å²) in [4.78, 5) is 0. The second-order valence-electron chi connectivity index (χ2n) is 5.37. The largest absolute Gasteiger partial charge is 0.393 e. The van der Waals surface area contributed by atoms with E-state index in [-0.39, 0.29) is 6.10 Å². The number of rotatable bonds is 2. The zero-order valence-corrected chi connectivity index (χ0v) is 10.9. The van der Waals surface area contributed by atoms with Crippen molar-refractivity contribution in [3.63, 3.8) is 0 Å². The summed E-state index contributed by atoms with van der Waals surface area (Å²) in [5.41, 5.74) is 0. The number of aliphatic hydroxyl groups is 1. The van der Waals surface area contributed by atoms with E-state index in [1.807, 2.05) is 0 Å². The fourth-order valence-corrected chi connectivity index (χ4v) is 5.10. The van der Waals surface area contributed by atoms with E-state index in [0.29, 0.717) is 10.5 Å². The molecular formula is C13H24O2S. The minimum absolute atomic E-state index is 0.123. The maximum atomic E-state index is 12.4. The van der Waals surface area contributed by atoms with Gasteiger partial charge >= 0.3 is 0 Å². The molecule has 94 valence electrons. The Morgan fingerprint density at radius 2 is 1.25 bits per heavy atom. The molecule has 0 radical (unpaired) electrons. The zero-order valence-electron chi connectivity index (χ0n) is 10.1. The standard InChI is InChI=1S/C13H24O2S/c14-11-7-9-13(10-8-11)16(15)12-5-3-1-2-4-6-12/h11-14H,1-10H2. The van der Waals surface area contributed by atoms with Crippen molar-refractivity contribution >= 4 is 10.8 Å². The van der Waals surface area contributed by atoms with Crippen LogP contribution in [0.4, 0.5) is 0 Å². The average molecular weight is 244 g/mol. The van der Waals surface area contributed by atoms with Crippen molar-refractivity contribution in [3.05, 3.63) is 0 Å². The summed E-state index contributed by atoms with van der Waals surface area (Å²) in [6.07, 6.45) is 11.1. The van der Waals surface area contributed by atoms with Gasteiger partial charge in [-0.2, -0.15) is 0 Å². The van der Waals surface area contributed by atoms with E-state index in [2.05, 4.69) is 0 Å². The fraction of sp³-hybridized carbons (Fsp3) is 1.00. The molecule has 2 nitrogen and oxygen atoms in total. The molecule has 2 aliphatic rings. The molecule has 1 unspecified atom stereocenters. The number of aliphatic hydroxyl groups excluding tert-OH is 1. The Labute approximate surface area is 101 Å². The van der Waals surface area contributed by atoms with Gasteiger partial charge in [-0.1, -0.05) is 25.7 Å². The molecule has 0 heterocycles. The average Bonchev–Trinajstić information content (AvgIpc) is 2.57. The highest BCUT2D eigenvalue weighted by molar-refractivity contribution is 7.86. The molecule has 3 heteroatoms. The van der Waals surface area contributed by atoms with Gasteiger partial charge in [-0.05, 0) is 38.5 Å². The highest BCUT2D eigenvalue weighted by atomic mass is 32.2. The third kappa shape index (κ3) is 3.30. The van der Waals surface area contributed by atoms with Crippen LogP contribution in [0.3, 0.4) is 0 Å². The smallest absolute Gasteiger partial charge is 0.0541 e. The summed E-state index contributed by atoms with van der Waals surface area (Å²) in [5.74, 6) is 0. The van der Waals surface area contributed by atoms with Crippen LogP contribution in [0.2, 0.25) is 0 Å². The number of hydrogen-bond donors (Lipinski definition) is 1. The van der Waals surface area contributed by atoms with Crippen LogP contribution in [0.5, 0.6) is 0 Å². The summed E-state index contributed by atoms with van der Waals surface area (Å²) in [6, 6.07) is 0. The van der Waals surface area contributed by atoms with Crippen LogP contribution in [0.1, 0.15) is 64.2 Å². The Bertz CT molecular complexity index is 226. The van der Waals surface area contributed by atoms with Crippen LogP contribution >= 0.6 is 0 Å².